The number of benzene rings is 1. The minimum absolute atomic E-state index is 0. The van der Waals surface area contributed by atoms with Crippen molar-refractivity contribution in [2.45, 2.75) is 71.1 Å². The molecule has 137 valence electrons. The van der Waals surface area contributed by atoms with Gasteiger partial charge in [0.2, 0.25) is 0 Å². The van der Waals surface area contributed by atoms with Crippen molar-refractivity contribution >= 4 is 11.4 Å². The summed E-state index contributed by atoms with van der Waals surface area (Å²) in [5.41, 5.74) is 0. The summed E-state index contributed by atoms with van der Waals surface area (Å²) in [5, 5.41) is 0. The summed E-state index contributed by atoms with van der Waals surface area (Å²) >= 11 is -2.47. The third-order valence-corrected chi connectivity index (χ3v) is 3.59. The van der Waals surface area contributed by atoms with Crippen LogP contribution in [-0.2, 0) is 28.4 Å². The Bertz CT molecular complexity index is 351. The van der Waals surface area contributed by atoms with E-state index in [1.54, 1.807) is 30.3 Å². The molecule has 0 spiro atoms. The van der Waals surface area contributed by atoms with E-state index in [9.17, 15) is 8.76 Å². The predicted octanol–water partition coefficient (Wildman–Crippen LogP) is 5.60. The molecule has 1 aromatic carbocycles. The fourth-order valence-corrected chi connectivity index (χ4v) is 2.31. The van der Waals surface area contributed by atoms with Crippen molar-refractivity contribution in [2.75, 3.05) is 0 Å². The van der Waals surface area contributed by atoms with E-state index in [0.29, 0.717) is 5.75 Å². The van der Waals surface area contributed by atoms with Gasteiger partial charge in [0.25, 0.3) is 0 Å². The molecule has 0 aliphatic heterocycles. The predicted molar refractivity (Wildman–Crippen MR) is 93.2 cm³/mol. The number of para-hydroxylation sites is 1. The quantitative estimate of drug-likeness (QED) is 0.214. The molecule has 1 aromatic rings. The van der Waals surface area contributed by atoms with Gasteiger partial charge in [0.15, 0.2) is 0 Å². The van der Waals surface area contributed by atoms with E-state index in [-0.39, 0.29) is 17.1 Å². The van der Waals surface area contributed by atoms with Crippen LogP contribution in [0.3, 0.4) is 0 Å². The average molecular weight is 390 g/mol. The van der Waals surface area contributed by atoms with E-state index >= 15 is 0 Å². The summed E-state index contributed by atoms with van der Waals surface area (Å²) in [5.74, 6) is 0.329. The van der Waals surface area contributed by atoms with Gasteiger partial charge >= 0.3 is 17.1 Å². The maximum atomic E-state index is 9.95. The van der Waals surface area contributed by atoms with Crippen LogP contribution < -0.4 is 4.18 Å². The molecule has 1 rings (SSSR count). The number of rotatable bonds is 11. The molecule has 1 unspecified atom stereocenters. The Morgan fingerprint density at radius 3 is 1.87 bits per heavy atom. The van der Waals surface area contributed by atoms with Crippen LogP contribution in [0.25, 0.3) is 0 Å². The molecule has 0 saturated heterocycles. The van der Waals surface area contributed by atoms with Gasteiger partial charge in [-0.05, 0) is 12.1 Å². The van der Waals surface area contributed by atoms with Gasteiger partial charge in [0.05, 0.1) is 0 Å². The second kappa shape index (κ2) is 19.7. The summed E-state index contributed by atoms with van der Waals surface area (Å²) in [6, 6.07) is 8.30. The summed E-state index contributed by atoms with van der Waals surface area (Å²) in [4.78, 5) is 0. The summed E-state index contributed by atoms with van der Waals surface area (Å²) in [6.07, 6.45) is 13.9. The van der Waals surface area contributed by atoms with Crippen LogP contribution in [0.4, 0.5) is 0 Å². The number of unbranched alkanes of at least 4 members (excludes halogenated alkanes) is 9. The van der Waals surface area contributed by atoms with Gasteiger partial charge in [-0.25, -0.2) is 4.21 Å². The van der Waals surface area contributed by atoms with Crippen molar-refractivity contribution in [2.24, 2.45) is 0 Å². The first-order valence-electron chi connectivity index (χ1n) is 8.32. The average Bonchev–Trinajstić information content (AvgIpc) is 2.51. The number of hydrogen-bond acceptors (Lipinski definition) is 3. The molecular weight excluding hydrogens is 360 g/mol. The largest absolute Gasteiger partial charge is 2.00 e. The van der Waals surface area contributed by atoms with E-state index in [4.69, 9.17) is 0 Å². The topological polar surface area (TPSA) is 49.4 Å². The van der Waals surface area contributed by atoms with Crippen LogP contribution in [0.15, 0.2) is 30.3 Å². The second-order valence-electron chi connectivity index (χ2n) is 5.28. The first kappa shape index (κ1) is 24.9. The molecule has 1 radical (unpaired) electrons. The molecule has 0 aromatic heterocycles. The van der Waals surface area contributed by atoms with Crippen molar-refractivity contribution in [1.29, 1.82) is 0 Å². The molecule has 1 atom stereocenters. The van der Waals surface area contributed by atoms with Crippen LogP contribution in [0.5, 0.6) is 5.75 Å². The Labute approximate surface area is 155 Å². The second-order valence-corrected chi connectivity index (χ2v) is 5.86. The molecule has 0 amide bonds. The molecule has 0 N–H and O–H groups in total. The zero-order valence-corrected chi connectivity index (χ0v) is 15.9. The van der Waals surface area contributed by atoms with Crippen molar-refractivity contribution in [1.82, 2.24) is 0 Å². The summed E-state index contributed by atoms with van der Waals surface area (Å²) < 4.78 is 24.2. The molecule has 0 saturated carbocycles. The van der Waals surface area contributed by atoms with Gasteiger partial charge in [0, 0.05) is 0 Å². The van der Waals surface area contributed by atoms with Gasteiger partial charge in [-0.15, -0.1) is 0 Å². The first-order chi connectivity index (χ1) is 10.7. The molecule has 0 aliphatic carbocycles. The van der Waals surface area contributed by atoms with Crippen molar-refractivity contribution in [3.63, 3.8) is 0 Å². The van der Waals surface area contributed by atoms with E-state index in [1.165, 1.54) is 57.8 Å². The zero-order valence-electron chi connectivity index (χ0n) is 14.1. The van der Waals surface area contributed by atoms with Crippen LogP contribution in [0, 0.1) is 6.92 Å². The molecule has 23 heavy (non-hydrogen) atoms. The molecule has 0 bridgehead atoms. The number of hydrogen-bond donors (Lipinski definition) is 0. The summed E-state index contributed by atoms with van der Waals surface area (Å²) in [7, 11) is 0. The van der Waals surface area contributed by atoms with Crippen molar-refractivity contribution in [3.05, 3.63) is 37.3 Å². The zero-order chi connectivity index (χ0) is 16.5. The smallest absolute Gasteiger partial charge is 0.740 e. The van der Waals surface area contributed by atoms with Crippen LogP contribution in [0.1, 0.15) is 71.1 Å². The monoisotopic (exact) mass is 389 g/mol. The van der Waals surface area contributed by atoms with Crippen molar-refractivity contribution < 1.29 is 30.0 Å². The molecule has 0 aliphatic rings. The Kier molecular flexibility index (Phi) is 21.3. The minimum atomic E-state index is -2.47. The van der Waals surface area contributed by atoms with Gasteiger partial charge in [-0.1, -0.05) is 82.9 Å². The Morgan fingerprint density at radius 2 is 1.43 bits per heavy atom. The molecule has 0 fully saturated rings. The molecule has 5 heteroatoms. The fraction of sp³-hybridized carbons (Fsp3) is 0.611. The van der Waals surface area contributed by atoms with Crippen LogP contribution >= 0.6 is 0 Å². The third-order valence-electron chi connectivity index (χ3n) is 3.26. The van der Waals surface area contributed by atoms with Crippen LogP contribution in [0.2, 0.25) is 0 Å². The van der Waals surface area contributed by atoms with Gasteiger partial charge < -0.3 is 15.7 Å². The van der Waals surface area contributed by atoms with E-state index in [2.05, 4.69) is 18.0 Å². The third kappa shape index (κ3) is 19.6. The first-order valence-corrected chi connectivity index (χ1v) is 9.32. The Morgan fingerprint density at radius 1 is 0.957 bits per heavy atom. The normalized spacial score (nSPS) is 10.9. The van der Waals surface area contributed by atoms with Crippen LogP contribution in [-0.4, -0.2) is 8.76 Å². The van der Waals surface area contributed by atoms with Gasteiger partial charge in [-0.2, -0.15) is 6.42 Å². The molecule has 0 heterocycles. The van der Waals surface area contributed by atoms with Gasteiger partial charge in [-0.3, -0.25) is 0 Å². The molecule has 3 nitrogen and oxygen atoms in total. The van der Waals surface area contributed by atoms with Gasteiger partial charge in [0.1, 0.15) is 17.1 Å². The fourth-order valence-electron chi connectivity index (χ4n) is 2.04. The maximum Gasteiger partial charge on any atom is 2.00 e. The minimum Gasteiger partial charge on any atom is -0.740 e. The van der Waals surface area contributed by atoms with E-state index in [1.807, 2.05) is 0 Å². The standard InChI is InChI=1S/C12H25.C6H6O3S.Cu/c1-3-5-7-9-11-12-10-8-6-4-2;7-10(8)9-6-4-2-1-3-5-6;/h1,3-12H2,2H3;1-5H,(H,7,8);/q-1;;+2/p-1. The Balaban J connectivity index is 0. The SMILES string of the molecule is O=S([O-])Oc1ccccc1.[CH2-]CCCCCCCCCCC.[Cu+2]. The molecular formula is C18H30CuO3S. The summed E-state index contributed by atoms with van der Waals surface area (Å²) in [6.45, 7) is 6.12. The van der Waals surface area contributed by atoms with Crippen molar-refractivity contribution in [3.8, 4) is 5.75 Å². The Hall–Kier alpha value is -0.351. The van der Waals surface area contributed by atoms with E-state index in [0.717, 1.165) is 6.42 Å². The van der Waals surface area contributed by atoms with E-state index < -0.39 is 11.4 Å². The maximum absolute atomic E-state index is 9.95.